The van der Waals surface area contributed by atoms with Gasteiger partial charge >= 0.3 is 0 Å². The van der Waals surface area contributed by atoms with E-state index < -0.39 is 15.4 Å². The molecule has 0 aromatic carbocycles. The Labute approximate surface area is 155 Å². The molecule has 0 saturated heterocycles. The van der Waals surface area contributed by atoms with Crippen LogP contribution >= 0.6 is 0 Å². The topological polar surface area (TPSA) is 86.5 Å². The summed E-state index contributed by atoms with van der Waals surface area (Å²) >= 11 is 0. The van der Waals surface area contributed by atoms with Gasteiger partial charge in [-0.25, -0.2) is 0 Å². The van der Waals surface area contributed by atoms with Crippen LogP contribution in [0.25, 0.3) is 0 Å². The van der Waals surface area contributed by atoms with Gasteiger partial charge in [0.15, 0.2) is 11.0 Å². The summed E-state index contributed by atoms with van der Waals surface area (Å²) in [6, 6.07) is 0. The van der Waals surface area contributed by atoms with Crippen LogP contribution in [0.15, 0.2) is 0 Å². The zero-order valence-corrected chi connectivity index (χ0v) is 17.1. The summed E-state index contributed by atoms with van der Waals surface area (Å²) in [6.45, 7) is 2.03. The number of ketones is 1. The van der Waals surface area contributed by atoms with Crippen molar-refractivity contribution in [2.75, 3.05) is 13.7 Å². The van der Waals surface area contributed by atoms with Crippen LogP contribution < -0.4 is 5.73 Å². The minimum Gasteiger partial charge on any atom is -0.329 e. The second-order valence-electron chi connectivity index (χ2n) is 6.84. The lowest BCUT2D eigenvalue weighted by Crippen LogP contribution is -2.37. The zero-order chi connectivity index (χ0) is 19.0. The summed E-state index contributed by atoms with van der Waals surface area (Å²) in [5.74, 6) is -0.326. The molecule has 0 saturated carbocycles. The van der Waals surface area contributed by atoms with Gasteiger partial charge in [-0.05, 0) is 6.42 Å². The molecule has 5 nitrogen and oxygen atoms in total. The first-order valence-corrected chi connectivity index (χ1v) is 11.5. The van der Waals surface area contributed by atoms with Crippen molar-refractivity contribution in [3.8, 4) is 0 Å². The van der Waals surface area contributed by atoms with E-state index in [9.17, 15) is 13.2 Å². The minimum absolute atomic E-state index is 0.215. The number of carbonyl (C=O) groups excluding carboxylic acids is 1. The fourth-order valence-corrected chi connectivity index (χ4v) is 3.91. The number of rotatable bonds is 18. The quantitative estimate of drug-likeness (QED) is 0.284. The van der Waals surface area contributed by atoms with Gasteiger partial charge in [0.1, 0.15) is 0 Å². The molecule has 25 heavy (non-hydrogen) atoms. The lowest BCUT2D eigenvalue weighted by Gasteiger charge is -2.12. The Balaban J connectivity index is 3.53. The van der Waals surface area contributed by atoms with Gasteiger partial charge in [-0.1, -0.05) is 84.0 Å². The molecule has 0 aliphatic heterocycles. The molecule has 1 unspecified atom stereocenters. The monoisotopic (exact) mass is 377 g/mol. The summed E-state index contributed by atoms with van der Waals surface area (Å²) in [6.07, 6.45) is 16.3. The Morgan fingerprint density at radius 3 is 1.60 bits per heavy atom. The van der Waals surface area contributed by atoms with Gasteiger partial charge in [0.25, 0.3) is 10.1 Å². The highest BCUT2D eigenvalue weighted by atomic mass is 32.2. The number of unbranched alkanes of at least 4 members (excludes halogenated alkanes) is 12. The smallest absolute Gasteiger partial charge is 0.278 e. The van der Waals surface area contributed by atoms with E-state index >= 15 is 0 Å². The van der Waals surface area contributed by atoms with E-state index in [1.165, 1.54) is 64.2 Å². The largest absolute Gasteiger partial charge is 0.329 e. The summed E-state index contributed by atoms with van der Waals surface area (Å²) in [5, 5.41) is -1.21. The Bertz CT molecular complexity index is 423. The SMILES string of the molecule is CCCCCCCCCCCCCCCC(=O)C(CN)S(=O)(=O)OC. The fraction of sp³-hybridized carbons (Fsp3) is 0.947. The number of hydrogen-bond donors (Lipinski definition) is 1. The number of nitrogens with two attached hydrogens (primary N) is 1. The third-order valence-corrected chi connectivity index (χ3v) is 6.30. The van der Waals surface area contributed by atoms with Gasteiger partial charge in [0, 0.05) is 13.0 Å². The van der Waals surface area contributed by atoms with Crippen LogP contribution in [0.1, 0.15) is 96.8 Å². The molecule has 0 aromatic rings. The summed E-state index contributed by atoms with van der Waals surface area (Å²) in [7, 11) is -2.79. The maximum absolute atomic E-state index is 11.9. The molecule has 0 rings (SSSR count). The van der Waals surface area contributed by atoms with Crippen LogP contribution in [0.5, 0.6) is 0 Å². The molecule has 0 aliphatic rings. The Morgan fingerprint density at radius 1 is 0.840 bits per heavy atom. The van der Waals surface area contributed by atoms with Crippen LogP contribution in [-0.4, -0.2) is 33.1 Å². The third kappa shape index (κ3) is 12.5. The first-order chi connectivity index (χ1) is 12.0. The third-order valence-electron chi connectivity index (χ3n) is 4.68. The summed E-state index contributed by atoms with van der Waals surface area (Å²) in [4.78, 5) is 11.9. The van der Waals surface area contributed by atoms with E-state index in [1.54, 1.807) is 0 Å². The van der Waals surface area contributed by atoms with E-state index in [1.807, 2.05) is 0 Å². The van der Waals surface area contributed by atoms with E-state index in [0.29, 0.717) is 0 Å². The summed E-state index contributed by atoms with van der Waals surface area (Å²) in [5.41, 5.74) is 5.40. The molecular formula is C19H39NO4S. The molecule has 0 aromatic heterocycles. The second-order valence-corrected chi connectivity index (χ2v) is 8.73. The molecule has 6 heteroatoms. The van der Waals surface area contributed by atoms with Crippen molar-refractivity contribution in [1.82, 2.24) is 0 Å². The Morgan fingerprint density at radius 2 is 1.24 bits per heavy atom. The molecule has 0 radical (unpaired) electrons. The molecule has 1 atom stereocenters. The predicted molar refractivity (Wildman–Crippen MR) is 104 cm³/mol. The van der Waals surface area contributed by atoms with Crippen molar-refractivity contribution < 1.29 is 17.4 Å². The second kappa shape index (κ2) is 15.8. The van der Waals surface area contributed by atoms with Gasteiger partial charge < -0.3 is 5.73 Å². The van der Waals surface area contributed by atoms with Crippen molar-refractivity contribution in [2.24, 2.45) is 5.73 Å². The highest BCUT2D eigenvalue weighted by molar-refractivity contribution is 7.88. The molecule has 0 spiro atoms. The Hall–Kier alpha value is -0.460. The van der Waals surface area contributed by atoms with E-state index in [-0.39, 0.29) is 18.7 Å². The van der Waals surface area contributed by atoms with Crippen molar-refractivity contribution in [1.29, 1.82) is 0 Å². The Kier molecular flexibility index (Phi) is 15.5. The molecular weight excluding hydrogens is 338 g/mol. The fourth-order valence-electron chi connectivity index (χ4n) is 3.00. The number of carbonyl (C=O) groups is 1. The number of hydrogen-bond acceptors (Lipinski definition) is 5. The van der Waals surface area contributed by atoms with Crippen LogP contribution in [0.3, 0.4) is 0 Å². The van der Waals surface area contributed by atoms with Gasteiger partial charge in [0.05, 0.1) is 7.11 Å². The van der Waals surface area contributed by atoms with Crippen LogP contribution in [0, 0.1) is 0 Å². The minimum atomic E-state index is -3.85. The lowest BCUT2D eigenvalue weighted by molar-refractivity contribution is -0.118. The molecule has 0 amide bonds. The maximum Gasteiger partial charge on any atom is 0.278 e. The van der Waals surface area contributed by atoms with E-state index in [2.05, 4.69) is 11.1 Å². The van der Waals surface area contributed by atoms with E-state index in [0.717, 1.165) is 26.4 Å². The molecule has 0 heterocycles. The normalized spacial score (nSPS) is 13.1. The lowest BCUT2D eigenvalue weighted by atomic mass is 10.0. The maximum atomic E-state index is 11.9. The van der Waals surface area contributed by atoms with Gasteiger partial charge in [-0.2, -0.15) is 8.42 Å². The van der Waals surface area contributed by atoms with Crippen LogP contribution in [-0.2, 0) is 19.1 Å². The first kappa shape index (κ1) is 24.5. The van der Waals surface area contributed by atoms with E-state index in [4.69, 9.17) is 5.73 Å². The average Bonchev–Trinajstić information content (AvgIpc) is 2.59. The molecule has 0 aliphatic carbocycles. The van der Waals surface area contributed by atoms with Crippen LogP contribution in [0.2, 0.25) is 0 Å². The van der Waals surface area contributed by atoms with Crippen molar-refractivity contribution >= 4 is 15.9 Å². The predicted octanol–water partition coefficient (Wildman–Crippen LogP) is 4.34. The first-order valence-electron chi connectivity index (χ1n) is 10.0. The summed E-state index contributed by atoms with van der Waals surface area (Å²) < 4.78 is 27.6. The van der Waals surface area contributed by atoms with Gasteiger partial charge in [0.2, 0.25) is 0 Å². The number of Topliss-reactive ketones (excluding diaryl/α,β-unsaturated/α-hetero) is 1. The molecule has 150 valence electrons. The van der Waals surface area contributed by atoms with Gasteiger partial charge in [-0.15, -0.1) is 0 Å². The standard InChI is InChI=1S/C19H39NO4S/c1-3-4-5-6-7-8-9-10-11-12-13-14-15-16-18(21)19(17-20)25(22,23)24-2/h19H,3-17,20H2,1-2H3. The van der Waals surface area contributed by atoms with Gasteiger partial charge in [-0.3, -0.25) is 8.98 Å². The molecule has 0 fully saturated rings. The highest BCUT2D eigenvalue weighted by Crippen LogP contribution is 2.14. The highest BCUT2D eigenvalue weighted by Gasteiger charge is 2.30. The van der Waals surface area contributed by atoms with Crippen LogP contribution in [0.4, 0.5) is 0 Å². The zero-order valence-electron chi connectivity index (χ0n) is 16.3. The van der Waals surface area contributed by atoms with Crippen molar-refractivity contribution in [3.63, 3.8) is 0 Å². The van der Waals surface area contributed by atoms with Crippen molar-refractivity contribution in [2.45, 2.75) is 102 Å². The van der Waals surface area contributed by atoms with Crippen molar-refractivity contribution in [3.05, 3.63) is 0 Å². The average molecular weight is 378 g/mol. The molecule has 2 N–H and O–H groups in total. The molecule has 0 bridgehead atoms.